The van der Waals surface area contributed by atoms with E-state index in [0.29, 0.717) is 12.3 Å². The lowest BCUT2D eigenvalue weighted by Gasteiger charge is -1.99. The number of carbonyl (C=O) groups excluding carboxylic acids is 1. The van der Waals surface area contributed by atoms with E-state index in [-0.39, 0.29) is 5.78 Å². The maximum absolute atomic E-state index is 10.6. The fourth-order valence-electron chi connectivity index (χ4n) is 0.533. The minimum atomic E-state index is 0.156. The van der Waals surface area contributed by atoms with Crippen LogP contribution in [0.3, 0.4) is 0 Å². The highest BCUT2D eigenvalue weighted by molar-refractivity contribution is 5.88. The van der Waals surface area contributed by atoms with Crippen molar-refractivity contribution < 1.29 is 4.79 Å². The largest absolute Gasteiger partial charge is 0.295 e. The molecule has 0 radical (unpaired) electrons. The van der Waals surface area contributed by atoms with Gasteiger partial charge in [0.15, 0.2) is 5.78 Å². The number of carbonyl (C=O) groups is 1. The first-order chi connectivity index (χ1) is 4.16. The van der Waals surface area contributed by atoms with Crippen LogP contribution in [0, 0.1) is 5.92 Å². The summed E-state index contributed by atoms with van der Waals surface area (Å²) in [6.07, 6.45) is 3.02. The lowest BCUT2D eigenvalue weighted by Crippen LogP contribution is -1.95. The highest BCUT2D eigenvalue weighted by Crippen LogP contribution is 2.03. The Labute approximate surface area is 56.8 Å². The molecule has 0 amide bonds. The van der Waals surface area contributed by atoms with Crippen LogP contribution in [0.5, 0.6) is 0 Å². The molecule has 0 N–H and O–H groups in total. The fourth-order valence-corrected chi connectivity index (χ4v) is 0.533. The Morgan fingerprint density at radius 2 is 2.22 bits per heavy atom. The summed E-state index contributed by atoms with van der Waals surface area (Å²) in [4.78, 5) is 10.6. The van der Waals surface area contributed by atoms with Crippen LogP contribution in [0.25, 0.3) is 0 Å². The SMILES string of the molecule is C=CC(=O)CCC(C)C. The Kier molecular flexibility index (Phi) is 4.02. The molecule has 0 saturated heterocycles. The molecule has 1 heteroatoms. The van der Waals surface area contributed by atoms with E-state index < -0.39 is 0 Å². The van der Waals surface area contributed by atoms with Crippen LogP contribution in [-0.4, -0.2) is 5.78 Å². The van der Waals surface area contributed by atoms with Gasteiger partial charge in [-0.15, -0.1) is 0 Å². The predicted octanol–water partition coefficient (Wildman–Crippen LogP) is 2.18. The Morgan fingerprint density at radius 3 is 2.56 bits per heavy atom. The molecule has 52 valence electrons. The normalized spacial score (nSPS) is 9.67. The summed E-state index contributed by atoms with van der Waals surface area (Å²) in [5, 5.41) is 0. The van der Waals surface area contributed by atoms with E-state index in [0.717, 1.165) is 6.42 Å². The molecule has 0 aromatic carbocycles. The molecule has 0 aliphatic heterocycles. The van der Waals surface area contributed by atoms with Crippen molar-refractivity contribution in [2.75, 3.05) is 0 Å². The van der Waals surface area contributed by atoms with Gasteiger partial charge in [-0.3, -0.25) is 4.79 Å². The molecule has 1 nitrogen and oxygen atoms in total. The van der Waals surface area contributed by atoms with Crippen molar-refractivity contribution in [3.8, 4) is 0 Å². The first-order valence-corrected chi connectivity index (χ1v) is 3.32. The molecule has 0 heterocycles. The van der Waals surface area contributed by atoms with Crippen LogP contribution in [0.15, 0.2) is 12.7 Å². The number of allylic oxidation sites excluding steroid dienone is 1. The summed E-state index contributed by atoms with van der Waals surface area (Å²) in [6.45, 7) is 7.60. The minimum absolute atomic E-state index is 0.156. The minimum Gasteiger partial charge on any atom is -0.295 e. The summed E-state index contributed by atoms with van der Waals surface area (Å²) < 4.78 is 0. The highest BCUT2D eigenvalue weighted by Gasteiger charge is 1.97. The number of rotatable bonds is 4. The van der Waals surface area contributed by atoms with Crippen LogP contribution in [0.4, 0.5) is 0 Å². The van der Waals surface area contributed by atoms with Gasteiger partial charge >= 0.3 is 0 Å². The molecule has 0 fully saturated rings. The summed E-state index contributed by atoms with van der Waals surface area (Å²) in [5.41, 5.74) is 0. The molecule has 0 bridgehead atoms. The maximum Gasteiger partial charge on any atom is 0.155 e. The van der Waals surface area contributed by atoms with Crippen LogP contribution in [0.2, 0.25) is 0 Å². The summed E-state index contributed by atoms with van der Waals surface area (Å²) in [7, 11) is 0. The van der Waals surface area contributed by atoms with Crippen LogP contribution in [-0.2, 0) is 4.79 Å². The van der Waals surface area contributed by atoms with E-state index in [1.807, 2.05) is 0 Å². The van der Waals surface area contributed by atoms with Crippen molar-refractivity contribution >= 4 is 5.78 Å². The smallest absolute Gasteiger partial charge is 0.155 e. The Bertz CT molecular complexity index is 103. The molecule has 0 aliphatic rings. The highest BCUT2D eigenvalue weighted by atomic mass is 16.1. The molecule has 0 saturated carbocycles. The quantitative estimate of drug-likeness (QED) is 0.528. The average Bonchev–Trinajstić information content (AvgIpc) is 1.83. The Morgan fingerprint density at radius 1 is 1.67 bits per heavy atom. The average molecular weight is 126 g/mol. The second kappa shape index (κ2) is 4.30. The van der Waals surface area contributed by atoms with Gasteiger partial charge in [0.2, 0.25) is 0 Å². The maximum atomic E-state index is 10.6. The van der Waals surface area contributed by atoms with Gasteiger partial charge < -0.3 is 0 Å². The third kappa shape index (κ3) is 5.28. The molecule has 9 heavy (non-hydrogen) atoms. The lowest BCUT2D eigenvalue weighted by molar-refractivity contribution is -0.114. The van der Waals surface area contributed by atoms with Gasteiger partial charge in [0.25, 0.3) is 0 Å². The second-order valence-corrected chi connectivity index (χ2v) is 2.60. The van der Waals surface area contributed by atoms with Gasteiger partial charge in [0.1, 0.15) is 0 Å². The first kappa shape index (κ1) is 8.41. The molecule has 0 spiro atoms. The van der Waals surface area contributed by atoms with Crippen molar-refractivity contribution in [1.29, 1.82) is 0 Å². The van der Waals surface area contributed by atoms with Gasteiger partial charge in [0.05, 0.1) is 0 Å². The molecule has 0 aromatic heterocycles. The molecule has 0 unspecified atom stereocenters. The Hall–Kier alpha value is -0.590. The van der Waals surface area contributed by atoms with Crippen molar-refractivity contribution in [3.63, 3.8) is 0 Å². The van der Waals surface area contributed by atoms with E-state index in [2.05, 4.69) is 20.4 Å². The molecular weight excluding hydrogens is 112 g/mol. The summed E-state index contributed by atoms with van der Waals surface area (Å²) in [6, 6.07) is 0. The van der Waals surface area contributed by atoms with Crippen LogP contribution >= 0.6 is 0 Å². The molecule has 0 aliphatic carbocycles. The van der Waals surface area contributed by atoms with Gasteiger partial charge in [-0.2, -0.15) is 0 Å². The molecular formula is C8H14O. The number of ketones is 1. The second-order valence-electron chi connectivity index (χ2n) is 2.60. The van der Waals surface area contributed by atoms with E-state index >= 15 is 0 Å². The third-order valence-corrected chi connectivity index (χ3v) is 1.20. The predicted molar refractivity (Wildman–Crippen MR) is 39.3 cm³/mol. The van der Waals surface area contributed by atoms with Gasteiger partial charge in [-0.05, 0) is 18.4 Å². The van der Waals surface area contributed by atoms with Crippen molar-refractivity contribution in [2.24, 2.45) is 5.92 Å². The molecule has 0 aromatic rings. The zero-order chi connectivity index (χ0) is 7.28. The monoisotopic (exact) mass is 126 g/mol. The van der Waals surface area contributed by atoms with Crippen molar-refractivity contribution in [3.05, 3.63) is 12.7 Å². The van der Waals surface area contributed by atoms with Crippen LogP contribution < -0.4 is 0 Å². The zero-order valence-electron chi connectivity index (χ0n) is 6.18. The topological polar surface area (TPSA) is 17.1 Å². The fraction of sp³-hybridized carbons (Fsp3) is 0.625. The van der Waals surface area contributed by atoms with E-state index in [1.54, 1.807) is 0 Å². The van der Waals surface area contributed by atoms with Gasteiger partial charge in [-0.1, -0.05) is 20.4 Å². The zero-order valence-corrected chi connectivity index (χ0v) is 6.18. The Balaban J connectivity index is 3.27. The van der Waals surface area contributed by atoms with Crippen LogP contribution in [0.1, 0.15) is 26.7 Å². The number of hydrogen-bond acceptors (Lipinski definition) is 1. The summed E-state index contributed by atoms with van der Waals surface area (Å²) in [5.74, 6) is 0.776. The molecule has 0 atom stereocenters. The number of hydrogen-bond donors (Lipinski definition) is 0. The van der Waals surface area contributed by atoms with Crippen molar-refractivity contribution in [1.82, 2.24) is 0 Å². The van der Waals surface area contributed by atoms with E-state index in [9.17, 15) is 4.79 Å². The summed E-state index contributed by atoms with van der Waals surface area (Å²) >= 11 is 0. The van der Waals surface area contributed by atoms with E-state index in [4.69, 9.17) is 0 Å². The van der Waals surface area contributed by atoms with Gasteiger partial charge in [-0.25, -0.2) is 0 Å². The third-order valence-electron chi connectivity index (χ3n) is 1.20. The lowest BCUT2D eigenvalue weighted by atomic mass is 10.1. The first-order valence-electron chi connectivity index (χ1n) is 3.32. The van der Waals surface area contributed by atoms with E-state index in [1.165, 1.54) is 6.08 Å². The molecule has 0 rings (SSSR count). The van der Waals surface area contributed by atoms with Gasteiger partial charge in [0, 0.05) is 6.42 Å². The standard InChI is InChI=1S/C8H14O/c1-4-8(9)6-5-7(2)3/h4,7H,1,5-6H2,2-3H3. The van der Waals surface area contributed by atoms with Crippen molar-refractivity contribution in [2.45, 2.75) is 26.7 Å².